The van der Waals surface area contributed by atoms with E-state index in [9.17, 15) is 0 Å². The Morgan fingerprint density at radius 3 is 2.74 bits per heavy atom. The summed E-state index contributed by atoms with van der Waals surface area (Å²) in [6.07, 6.45) is 6.47. The average molecular weight is 378 g/mol. The lowest BCUT2D eigenvalue weighted by Crippen LogP contribution is -2.43. The van der Waals surface area contributed by atoms with E-state index in [0.29, 0.717) is 12.6 Å². The highest BCUT2D eigenvalue weighted by Gasteiger charge is 2.14. The van der Waals surface area contributed by atoms with Crippen molar-refractivity contribution in [1.29, 1.82) is 0 Å². The van der Waals surface area contributed by atoms with E-state index < -0.39 is 0 Å². The third-order valence-corrected chi connectivity index (χ3v) is 3.28. The fourth-order valence-corrected chi connectivity index (χ4v) is 2.31. The molecule has 1 aromatic heterocycles. The zero-order valence-electron chi connectivity index (χ0n) is 11.6. The van der Waals surface area contributed by atoms with E-state index in [4.69, 9.17) is 4.52 Å². The second kappa shape index (κ2) is 8.39. The highest BCUT2D eigenvalue weighted by molar-refractivity contribution is 14.0. The van der Waals surface area contributed by atoms with Crippen molar-refractivity contribution in [2.24, 2.45) is 4.99 Å². The first-order valence-corrected chi connectivity index (χ1v) is 6.67. The van der Waals surface area contributed by atoms with Crippen LogP contribution >= 0.6 is 24.0 Å². The zero-order valence-corrected chi connectivity index (χ0v) is 13.9. The SMILES string of the molecule is CN=C(NCc1cc(C)no1)NC1CCCCC1.I. The summed E-state index contributed by atoms with van der Waals surface area (Å²) in [4.78, 5) is 4.24. The second-order valence-corrected chi connectivity index (χ2v) is 4.84. The summed E-state index contributed by atoms with van der Waals surface area (Å²) < 4.78 is 5.15. The first-order chi connectivity index (χ1) is 8.78. The average Bonchev–Trinajstić information content (AvgIpc) is 2.81. The van der Waals surface area contributed by atoms with Gasteiger partial charge >= 0.3 is 0 Å². The lowest BCUT2D eigenvalue weighted by molar-refractivity contribution is 0.374. The van der Waals surface area contributed by atoms with E-state index in [-0.39, 0.29) is 24.0 Å². The number of aromatic nitrogens is 1. The normalized spacial score (nSPS) is 16.8. The Hall–Kier alpha value is -0.790. The second-order valence-electron chi connectivity index (χ2n) is 4.84. The number of nitrogens with one attached hydrogen (secondary N) is 2. The van der Waals surface area contributed by atoms with Gasteiger partial charge in [-0.1, -0.05) is 24.4 Å². The van der Waals surface area contributed by atoms with Crippen molar-refractivity contribution in [2.75, 3.05) is 7.05 Å². The number of guanidine groups is 1. The molecule has 1 fully saturated rings. The van der Waals surface area contributed by atoms with Crippen LogP contribution in [0.3, 0.4) is 0 Å². The minimum atomic E-state index is 0. The molecule has 0 bridgehead atoms. The topological polar surface area (TPSA) is 62.5 Å². The molecule has 1 saturated carbocycles. The highest BCUT2D eigenvalue weighted by atomic mass is 127. The van der Waals surface area contributed by atoms with Crippen LogP contribution < -0.4 is 10.6 Å². The number of hydrogen-bond acceptors (Lipinski definition) is 3. The fourth-order valence-electron chi connectivity index (χ4n) is 2.31. The van der Waals surface area contributed by atoms with Crippen LogP contribution in [-0.2, 0) is 6.54 Å². The van der Waals surface area contributed by atoms with Gasteiger partial charge in [-0.05, 0) is 19.8 Å². The van der Waals surface area contributed by atoms with E-state index in [1.807, 2.05) is 13.0 Å². The lowest BCUT2D eigenvalue weighted by atomic mass is 9.96. The van der Waals surface area contributed by atoms with Gasteiger partial charge in [0.05, 0.1) is 12.2 Å². The molecule has 5 nitrogen and oxygen atoms in total. The van der Waals surface area contributed by atoms with Gasteiger partial charge < -0.3 is 15.2 Å². The molecule has 0 saturated heterocycles. The molecule has 19 heavy (non-hydrogen) atoms. The van der Waals surface area contributed by atoms with E-state index in [1.54, 1.807) is 7.05 Å². The number of halogens is 1. The first kappa shape index (κ1) is 16.3. The number of aryl methyl sites for hydroxylation is 1. The van der Waals surface area contributed by atoms with Gasteiger partial charge in [0.2, 0.25) is 0 Å². The predicted molar refractivity (Wildman–Crippen MR) is 86.9 cm³/mol. The van der Waals surface area contributed by atoms with Gasteiger partial charge in [0.25, 0.3) is 0 Å². The van der Waals surface area contributed by atoms with Crippen LogP contribution in [0.5, 0.6) is 0 Å². The molecule has 0 aromatic carbocycles. The smallest absolute Gasteiger partial charge is 0.191 e. The highest BCUT2D eigenvalue weighted by Crippen LogP contribution is 2.17. The van der Waals surface area contributed by atoms with Crippen LogP contribution in [0.15, 0.2) is 15.6 Å². The van der Waals surface area contributed by atoms with Gasteiger partial charge in [-0.25, -0.2) is 0 Å². The Morgan fingerprint density at radius 2 is 2.16 bits per heavy atom. The summed E-state index contributed by atoms with van der Waals surface area (Å²) in [5, 5.41) is 10.6. The number of hydrogen-bond donors (Lipinski definition) is 2. The van der Waals surface area contributed by atoms with Gasteiger partial charge in [0.15, 0.2) is 11.7 Å². The van der Waals surface area contributed by atoms with Gasteiger partial charge in [-0.15, -0.1) is 24.0 Å². The van der Waals surface area contributed by atoms with E-state index in [0.717, 1.165) is 17.4 Å². The minimum Gasteiger partial charge on any atom is -0.359 e. The molecule has 1 aliphatic carbocycles. The summed E-state index contributed by atoms with van der Waals surface area (Å²) >= 11 is 0. The van der Waals surface area contributed by atoms with Crippen molar-refractivity contribution >= 4 is 29.9 Å². The molecule has 1 heterocycles. The third kappa shape index (κ3) is 5.38. The van der Waals surface area contributed by atoms with Crippen LogP contribution in [0.4, 0.5) is 0 Å². The summed E-state index contributed by atoms with van der Waals surface area (Å²) in [5.74, 6) is 1.68. The summed E-state index contributed by atoms with van der Waals surface area (Å²) in [5.41, 5.74) is 0.905. The summed E-state index contributed by atoms with van der Waals surface area (Å²) in [7, 11) is 1.80. The van der Waals surface area contributed by atoms with Crippen molar-refractivity contribution in [3.8, 4) is 0 Å². The van der Waals surface area contributed by atoms with Crippen LogP contribution in [-0.4, -0.2) is 24.2 Å². The number of rotatable bonds is 3. The molecule has 0 atom stereocenters. The molecule has 2 rings (SSSR count). The van der Waals surface area contributed by atoms with Crippen molar-refractivity contribution < 1.29 is 4.52 Å². The Kier molecular flexibility index (Phi) is 7.19. The molecule has 0 radical (unpaired) electrons. The maximum absolute atomic E-state index is 5.15. The standard InChI is InChI=1S/C13H22N4O.HI/c1-10-8-12(18-17-10)9-15-13(14-2)16-11-6-4-3-5-7-11;/h8,11H,3-7,9H2,1-2H3,(H2,14,15,16);1H. The summed E-state index contributed by atoms with van der Waals surface area (Å²) in [6, 6.07) is 2.49. The van der Waals surface area contributed by atoms with Crippen LogP contribution in [0, 0.1) is 6.92 Å². The Balaban J connectivity index is 0.00000180. The monoisotopic (exact) mass is 378 g/mol. The maximum Gasteiger partial charge on any atom is 0.191 e. The first-order valence-electron chi connectivity index (χ1n) is 6.67. The lowest BCUT2D eigenvalue weighted by Gasteiger charge is -2.24. The molecule has 0 amide bonds. The van der Waals surface area contributed by atoms with Gasteiger partial charge in [-0.2, -0.15) is 0 Å². The van der Waals surface area contributed by atoms with Gasteiger partial charge in [0.1, 0.15) is 0 Å². The quantitative estimate of drug-likeness (QED) is 0.482. The molecule has 108 valence electrons. The van der Waals surface area contributed by atoms with Crippen LogP contribution in [0.25, 0.3) is 0 Å². The number of aliphatic imine (C=N–C) groups is 1. The Bertz CT molecular complexity index is 399. The molecule has 0 unspecified atom stereocenters. The van der Waals surface area contributed by atoms with E-state index >= 15 is 0 Å². The van der Waals surface area contributed by atoms with Crippen LogP contribution in [0.1, 0.15) is 43.6 Å². The molecular weight excluding hydrogens is 355 g/mol. The molecule has 6 heteroatoms. The molecular formula is C13H23IN4O. The molecule has 0 aliphatic heterocycles. The van der Waals surface area contributed by atoms with Crippen molar-refractivity contribution in [2.45, 2.75) is 51.6 Å². The van der Waals surface area contributed by atoms with E-state index in [1.165, 1.54) is 32.1 Å². The van der Waals surface area contributed by atoms with Gasteiger partial charge in [0, 0.05) is 19.2 Å². The largest absolute Gasteiger partial charge is 0.359 e. The van der Waals surface area contributed by atoms with E-state index in [2.05, 4.69) is 20.8 Å². The minimum absolute atomic E-state index is 0. The molecule has 1 aliphatic rings. The Morgan fingerprint density at radius 1 is 1.42 bits per heavy atom. The Labute approximate surface area is 131 Å². The van der Waals surface area contributed by atoms with Crippen molar-refractivity contribution in [1.82, 2.24) is 15.8 Å². The summed E-state index contributed by atoms with van der Waals surface area (Å²) in [6.45, 7) is 2.54. The predicted octanol–water partition coefficient (Wildman–Crippen LogP) is 2.60. The van der Waals surface area contributed by atoms with Crippen molar-refractivity contribution in [3.05, 3.63) is 17.5 Å². The molecule has 1 aromatic rings. The third-order valence-electron chi connectivity index (χ3n) is 3.28. The molecule has 2 N–H and O–H groups in total. The molecule has 0 spiro atoms. The van der Waals surface area contributed by atoms with Crippen LogP contribution in [0.2, 0.25) is 0 Å². The number of nitrogens with zero attached hydrogens (tertiary/aromatic N) is 2. The van der Waals surface area contributed by atoms with Gasteiger partial charge in [-0.3, -0.25) is 4.99 Å². The zero-order chi connectivity index (χ0) is 12.8. The van der Waals surface area contributed by atoms with Crippen molar-refractivity contribution in [3.63, 3.8) is 0 Å². The maximum atomic E-state index is 5.15. The fraction of sp³-hybridized carbons (Fsp3) is 0.692.